The molecule has 0 radical (unpaired) electrons. The zero-order valence-electron chi connectivity index (χ0n) is 14.1. The number of benzene rings is 1. The van der Waals surface area contributed by atoms with Crippen molar-refractivity contribution in [3.05, 3.63) is 30.3 Å². The molecule has 0 aliphatic carbocycles. The van der Waals surface area contributed by atoms with Gasteiger partial charge in [-0.3, -0.25) is 9.59 Å². The van der Waals surface area contributed by atoms with E-state index in [-0.39, 0.29) is 17.9 Å². The molecule has 130 valence electrons. The van der Waals surface area contributed by atoms with E-state index in [1.54, 1.807) is 6.92 Å². The Hall–Kier alpha value is -2.08. The summed E-state index contributed by atoms with van der Waals surface area (Å²) in [4.78, 5) is 28.6. The van der Waals surface area contributed by atoms with Gasteiger partial charge < -0.3 is 19.9 Å². The molecule has 1 aromatic rings. The molecule has 0 spiro atoms. The number of rotatable bonds is 4. The first-order chi connectivity index (χ1) is 11.6. The van der Waals surface area contributed by atoms with Crippen molar-refractivity contribution in [3.63, 3.8) is 0 Å². The Morgan fingerprint density at radius 2 is 2.08 bits per heavy atom. The van der Waals surface area contributed by atoms with Gasteiger partial charge in [0.15, 0.2) is 6.10 Å². The molecule has 24 heavy (non-hydrogen) atoms. The second kappa shape index (κ2) is 7.66. The van der Waals surface area contributed by atoms with Gasteiger partial charge in [0.1, 0.15) is 5.75 Å². The van der Waals surface area contributed by atoms with Gasteiger partial charge in [0.2, 0.25) is 5.91 Å². The van der Waals surface area contributed by atoms with Crippen molar-refractivity contribution in [1.82, 2.24) is 15.1 Å². The van der Waals surface area contributed by atoms with Crippen molar-refractivity contribution in [1.29, 1.82) is 0 Å². The molecule has 2 fully saturated rings. The largest absolute Gasteiger partial charge is 0.481 e. The minimum absolute atomic E-state index is 0.00821. The summed E-state index contributed by atoms with van der Waals surface area (Å²) in [5, 5.41) is 3.09. The number of ether oxygens (including phenoxy) is 1. The van der Waals surface area contributed by atoms with Crippen LogP contribution in [0.5, 0.6) is 5.75 Å². The van der Waals surface area contributed by atoms with Crippen LogP contribution >= 0.6 is 0 Å². The molecule has 1 aromatic carbocycles. The first kappa shape index (κ1) is 16.8. The number of piperidine rings is 1. The molecule has 2 heterocycles. The number of nitrogens with zero attached hydrogens (tertiary/aromatic N) is 2. The van der Waals surface area contributed by atoms with Gasteiger partial charge in [0.25, 0.3) is 5.91 Å². The van der Waals surface area contributed by atoms with Crippen LogP contribution in [0.4, 0.5) is 0 Å². The predicted molar refractivity (Wildman–Crippen MR) is 90.7 cm³/mol. The quantitative estimate of drug-likeness (QED) is 0.890. The van der Waals surface area contributed by atoms with Crippen LogP contribution in [0, 0.1) is 0 Å². The predicted octanol–water partition coefficient (Wildman–Crippen LogP) is 0.877. The lowest BCUT2D eigenvalue weighted by Gasteiger charge is -2.41. The topological polar surface area (TPSA) is 61.9 Å². The van der Waals surface area contributed by atoms with Crippen LogP contribution < -0.4 is 10.1 Å². The number of hydrogen-bond acceptors (Lipinski definition) is 4. The van der Waals surface area contributed by atoms with Crippen LogP contribution in [0.3, 0.4) is 0 Å². The van der Waals surface area contributed by atoms with Crippen LogP contribution in [0.15, 0.2) is 30.3 Å². The average Bonchev–Trinajstić information content (AvgIpc) is 2.62. The minimum atomic E-state index is -0.523. The third kappa shape index (κ3) is 3.87. The highest BCUT2D eigenvalue weighted by Crippen LogP contribution is 2.19. The van der Waals surface area contributed by atoms with E-state index in [2.05, 4.69) is 5.32 Å². The molecule has 2 amide bonds. The van der Waals surface area contributed by atoms with E-state index in [9.17, 15) is 9.59 Å². The fourth-order valence-electron chi connectivity index (χ4n) is 3.43. The third-order valence-corrected chi connectivity index (χ3v) is 4.68. The van der Waals surface area contributed by atoms with Gasteiger partial charge in [-0.1, -0.05) is 18.2 Å². The highest BCUT2D eigenvalue weighted by atomic mass is 16.5. The van der Waals surface area contributed by atoms with Crippen molar-refractivity contribution in [2.45, 2.75) is 31.9 Å². The first-order valence-corrected chi connectivity index (χ1v) is 8.66. The lowest BCUT2D eigenvalue weighted by molar-refractivity contribution is -0.144. The van der Waals surface area contributed by atoms with Crippen molar-refractivity contribution in [2.75, 3.05) is 32.7 Å². The Kier molecular flexibility index (Phi) is 5.35. The maximum absolute atomic E-state index is 12.7. The van der Waals surface area contributed by atoms with Crippen molar-refractivity contribution in [3.8, 4) is 5.75 Å². The van der Waals surface area contributed by atoms with Gasteiger partial charge in [0.05, 0.1) is 6.54 Å². The molecule has 2 aliphatic heterocycles. The van der Waals surface area contributed by atoms with E-state index >= 15 is 0 Å². The van der Waals surface area contributed by atoms with Gasteiger partial charge in [-0.05, 0) is 31.9 Å². The zero-order chi connectivity index (χ0) is 16.9. The normalized spacial score (nSPS) is 23.0. The van der Waals surface area contributed by atoms with Gasteiger partial charge in [-0.2, -0.15) is 0 Å². The molecular weight excluding hydrogens is 306 g/mol. The lowest BCUT2D eigenvalue weighted by atomic mass is 10.0. The Bertz CT molecular complexity index is 578. The van der Waals surface area contributed by atoms with E-state index in [4.69, 9.17) is 4.74 Å². The summed E-state index contributed by atoms with van der Waals surface area (Å²) in [5.74, 6) is 0.824. The SMILES string of the molecule is CC(Oc1ccccc1)C(=O)N1CCCC(N2CCNCC2=O)C1. The summed E-state index contributed by atoms with van der Waals surface area (Å²) in [5.41, 5.74) is 0. The Balaban J connectivity index is 1.59. The standard InChI is InChI=1S/C18H25N3O3/c1-14(24-16-7-3-2-4-8-16)18(23)20-10-5-6-15(13-20)21-11-9-19-12-17(21)22/h2-4,7-8,14-15,19H,5-6,9-13H2,1H3. The minimum Gasteiger partial charge on any atom is -0.481 e. The molecular formula is C18H25N3O3. The highest BCUT2D eigenvalue weighted by Gasteiger charge is 2.33. The van der Waals surface area contributed by atoms with Crippen LogP contribution in [0.2, 0.25) is 0 Å². The van der Waals surface area contributed by atoms with Crippen LogP contribution in [-0.2, 0) is 9.59 Å². The van der Waals surface area contributed by atoms with Gasteiger partial charge in [0, 0.05) is 32.2 Å². The van der Waals surface area contributed by atoms with Crippen molar-refractivity contribution < 1.29 is 14.3 Å². The number of nitrogens with one attached hydrogen (secondary N) is 1. The summed E-state index contributed by atoms with van der Waals surface area (Å²) in [6.45, 7) is 5.07. The maximum atomic E-state index is 12.7. The molecule has 2 saturated heterocycles. The molecule has 2 aliphatic rings. The second-order valence-corrected chi connectivity index (χ2v) is 6.42. The Morgan fingerprint density at radius 1 is 1.29 bits per heavy atom. The lowest BCUT2D eigenvalue weighted by Crippen LogP contribution is -2.58. The van der Waals surface area contributed by atoms with Crippen molar-refractivity contribution in [2.24, 2.45) is 0 Å². The van der Waals surface area contributed by atoms with Crippen LogP contribution in [0.25, 0.3) is 0 Å². The molecule has 3 rings (SSSR count). The average molecular weight is 331 g/mol. The highest BCUT2D eigenvalue weighted by molar-refractivity contribution is 5.82. The molecule has 6 heteroatoms. The van der Waals surface area contributed by atoms with E-state index in [1.165, 1.54) is 0 Å². The molecule has 0 saturated carbocycles. The molecule has 2 atom stereocenters. The molecule has 6 nitrogen and oxygen atoms in total. The number of hydrogen-bond donors (Lipinski definition) is 1. The summed E-state index contributed by atoms with van der Waals surface area (Å²) in [6.07, 6.45) is 1.36. The monoisotopic (exact) mass is 331 g/mol. The summed E-state index contributed by atoms with van der Waals surface area (Å²) >= 11 is 0. The number of para-hydroxylation sites is 1. The van der Waals surface area contributed by atoms with Crippen molar-refractivity contribution >= 4 is 11.8 Å². The molecule has 0 bridgehead atoms. The summed E-state index contributed by atoms with van der Waals surface area (Å²) in [7, 11) is 0. The molecule has 2 unspecified atom stereocenters. The first-order valence-electron chi connectivity index (χ1n) is 8.66. The molecule has 0 aromatic heterocycles. The van der Waals surface area contributed by atoms with Crippen LogP contribution in [0.1, 0.15) is 19.8 Å². The zero-order valence-corrected chi connectivity index (χ0v) is 14.1. The van der Waals surface area contributed by atoms with E-state index in [0.29, 0.717) is 18.8 Å². The van der Waals surface area contributed by atoms with E-state index in [1.807, 2.05) is 40.1 Å². The Morgan fingerprint density at radius 3 is 2.83 bits per heavy atom. The second-order valence-electron chi connectivity index (χ2n) is 6.42. The number of amides is 2. The fourth-order valence-corrected chi connectivity index (χ4v) is 3.43. The van der Waals surface area contributed by atoms with E-state index < -0.39 is 6.10 Å². The van der Waals surface area contributed by atoms with Gasteiger partial charge in [-0.25, -0.2) is 0 Å². The summed E-state index contributed by atoms with van der Waals surface area (Å²) < 4.78 is 5.75. The fraction of sp³-hybridized carbons (Fsp3) is 0.556. The van der Waals surface area contributed by atoms with Gasteiger partial charge in [-0.15, -0.1) is 0 Å². The number of likely N-dealkylation sites (tertiary alicyclic amines) is 1. The molecule has 1 N–H and O–H groups in total. The van der Waals surface area contributed by atoms with Gasteiger partial charge >= 0.3 is 0 Å². The number of carbonyl (C=O) groups excluding carboxylic acids is 2. The third-order valence-electron chi connectivity index (χ3n) is 4.68. The number of piperazine rings is 1. The maximum Gasteiger partial charge on any atom is 0.263 e. The Labute approximate surface area is 142 Å². The van der Waals surface area contributed by atoms with E-state index in [0.717, 1.165) is 32.5 Å². The summed E-state index contributed by atoms with van der Waals surface area (Å²) in [6, 6.07) is 9.52. The smallest absolute Gasteiger partial charge is 0.263 e. The number of carbonyl (C=O) groups is 2. The van der Waals surface area contributed by atoms with Crippen LogP contribution in [-0.4, -0.2) is 66.5 Å².